The highest BCUT2D eigenvalue weighted by Gasteiger charge is 2.52. The molecule has 0 radical (unpaired) electrons. The van der Waals surface area contributed by atoms with Crippen molar-refractivity contribution in [3.05, 3.63) is 47.7 Å². The highest BCUT2D eigenvalue weighted by molar-refractivity contribution is 6.55. The Morgan fingerprint density at radius 3 is 2.42 bits per heavy atom. The highest BCUT2D eigenvalue weighted by Crippen LogP contribution is 2.39. The Morgan fingerprint density at radius 1 is 1.33 bits per heavy atom. The van der Waals surface area contributed by atoms with Crippen molar-refractivity contribution in [3.63, 3.8) is 0 Å². The zero-order chi connectivity index (χ0) is 18.1. The zero-order valence-electron chi connectivity index (χ0n) is 15.4. The van der Waals surface area contributed by atoms with Crippen LogP contribution in [0.3, 0.4) is 0 Å². The second-order valence-electron chi connectivity index (χ2n) is 7.03. The molecule has 0 saturated carbocycles. The second kappa shape index (κ2) is 6.61. The fourth-order valence-corrected chi connectivity index (χ4v) is 2.53. The number of likely N-dealkylation sites (N-methyl/N-ethyl adjacent to an activating group) is 1. The highest BCUT2D eigenvalue weighted by atomic mass is 16.7. The number of esters is 1. The molecule has 2 rings (SSSR count). The lowest BCUT2D eigenvalue weighted by Crippen LogP contribution is -2.41. The van der Waals surface area contributed by atoms with E-state index in [9.17, 15) is 4.79 Å². The van der Waals surface area contributed by atoms with Gasteiger partial charge in [-0.2, -0.15) is 0 Å². The molecule has 6 heteroatoms. The summed E-state index contributed by atoms with van der Waals surface area (Å²) in [6.45, 7) is 11.9. The van der Waals surface area contributed by atoms with E-state index in [2.05, 4.69) is 6.58 Å². The van der Waals surface area contributed by atoms with Crippen molar-refractivity contribution in [2.75, 3.05) is 14.2 Å². The first kappa shape index (κ1) is 18.6. The fraction of sp³-hybridized carbons (Fsp3) is 0.500. The Hall–Kier alpha value is -1.79. The Morgan fingerprint density at radius 2 is 1.92 bits per heavy atom. The SMILES string of the molecule is C=C/C(CC(=O)OC)=C1/C=C(B2OC(C)(C)C(C)(C)O2)C=CN1C. The topological polar surface area (TPSA) is 48.0 Å². The molecular weight excluding hydrogens is 305 g/mol. The van der Waals surface area contributed by atoms with Crippen molar-refractivity contribution in [2.24, 2.45) is 0 Å². The lowest BCUT2D eigenvalue weighted by molar-refractivity contribution is -0.139. The molecule has 5 nitrogen and oxygen atoms in total. The van der Waals surface area contributed by atoms with Crippen LogP contribution in [-0.2, 0) is 18.8 Å². The van der Waals surface area contributed by atoms with Gasteiger partial charge in [-0.3, -0.25) is 4.79 Å². The smallest absolute Gasteiger partial charge is 0.469 e. The number of carbonyl (C=O) groups excluding carboxylic acids is 1. The number of hydrogen-bond donors (Lipinski definition) is 0. The average molecular weight is 331 g/mol. The second-order valence-corrected chi connectivity index (χ2v) is 7.03. The van der Waals surface area contributed by atoms with Crippen LogP contribution in [0.1, 0.15) is 34.1 Å². The summed E-state index contributed by atoms with van der Waals surface area (Å²) in [5, 5.41) is 0. The summed E-state index contributed by atoms with van der Waals surface area (Å²) in [4.78, 5) is 13.6. The lowest BCUT2D eigenvalue weighted by Gasteiger charge is -2.32. The number of ether oxygens (including phenoxy) is 1. The molecule has 0 bridgehead atoms. The Labute approximate surface area is 144 Å². The number of carbonyl (C=O) groups is 1. The molecule has 2 aliphatic heterocycles. The Balaban J connectivity index is 2.34. The minimum Gasteiger partial charge on any atom is -0.469 e. The monoisotopic (exact) mass is 331 g/mol. The van der Waals surface area contributed by atoms with Gasteiger partial charge in [-0.05, 0) is 50.9 Å². The van der Waals surface area contributed by atoms with E-state index in [0.717, 1.165) is 16.7 Å². The predicted molar refractivity (Wildman–Crippen MR) is 94.9 cm³/mol. The quantitative estimate of drug-likeness (QED) is 0.585. The number of hydrogen-bond acceptors (Lipinski definition) is 5. The molecule has 2 aliphatic rings. The van der Waals surface area contributed by atoms with Gasteiger partial charge < -0.3 is 18.9 Å². The van der Waals surface area contributed by atoms with E-state index in [-0.39, 0.29) is 12.4 Å². The van der Waals surface area contributed by atoms with Gasteiger partial charge in [0.1, 0.15) is 0 Å². The third-order valence-electron chi connectivity index (χ3n) is 4.84. The van der Waals surface area contributed by atoms with Gasteiger partial charge in [0.15, 0.2) is 0 Å². The average Bonchev–Trinajstić information content (AvgIpc) is 2.73. The largest absolute Gasteiger partial charge is 0.494 e. The summed E-state index contributed by atoms with van der Waals surface area (Å²) >= 11 is 0. The minimum absolute atomic E-state index is 0.167. The number of nitrogens with zero attached hydrogens (tertiary/aromatic N) is 1. The van der Waals surface area contributed by atoms with Crippen LogP contribution in [0, 0.1) is 0 Å². The van der Waals surface area contributed by atoms with E-state index in [0.29, 0.717) is 0 Å². The molecule has 0 aromatic rings. The van der Waals surface area contributed by atoms with Crippen LogP contribution < -0.4 is 0 Å². The van der Waals surface area contributed by atoms with Crippen molar-refractivity contribution in [1.82, 2.24) is 4.90 Å². The Kier molecular flexibility index (Phi) is 5.11. The number of rotatable bonds is 4. The minimum atomic E-state index is -0.445. The van der Waals surface area contributed by atoms with Crippen molar-refractivity contribution in [2.45, 2.75) is 45.3 Å². The molecule has 0 atom stereocenters. The first-order valence-corrected chi connectivity index (χ1v) is 8.02. The Bertz CT molecular complexity index is 615. The van der Waals surface area contributed by atoms with Crippen LogP contribution >= 0.6 is 0 Å². The van der Waals surface area contributed by atoms with E-state index in [1.807, 2.05) is 58.0 Å². The standard InChI is InChI=1S/C18H26BNO4/c1-8-13(11-16(21)22-7)15-12-14(9-10-20(15)6)19-23-17(2,3)18(4,5)24-19/h8-10,12H,1,11H2,2-7H3/b15-13+. The normalized spacial score (nSPS) is 23.8. The predicted octanol–water partition coefficient (Wildman–Crippen LogP) is 3.01. The van der Waals surface area contributed by atoms with Crippen LogP contribution in [0.5, 0.6) is 0 Å². The third-order valence-corrected chi connectivity index (χ3v) is 4.84. The molecule has 0 aromatic carbocycles. The van der Waals surface area contributed by atoms with Gasteiger partial charge in [-0.25, -0.2) is 0 Å². The van der Waals surface area contributed by atoms with E-state index in [1.165, 1.54) is 7.11 Å². The summed E-state index contributed by atoms with van der Waals surface area (Å²) < 4.78 is 17.0. The van der Waals surface area contributed by atoms with Crippen LogP contribution in [0.4, 0.5) is 0 Å². The van der Waals surface area contributed by atoms with Crippen molar-refractivity contribution < 1.29 is 18.8 Å². The molecule has 2 heterocycles. The summed E-state index contributed by atoms with van der Waals surface area (Å²) in [5.41, 5.74) is 1.79. The maximum absolute atomic E-state index is 11.6. The van der Waals surface area contributed by atoms with Gasteiger partial charge in [0.05, 0.1) is 24.7 Å². The van der Waals surface area contributed by atoms with Crippen LogP contribution in [0.15, 0.2) is 47.7 Å². The van der Waals surface area contributed by atoms with Crippen LogP contribution in [-0.4, -0.2) is 43.3 Å². The molecule has 0 aromatic heterocycles. The molecular formula is C18H26BNO4. The maximum Gasteiger partial charge on any atom is 0.494 e. The summed E-state index contributed by atoms with van der Waals surface area (Å²) in [6, 6.07) is 0. The molecule has 0 aliphatic carbocycles. The molecule has 0 spiro atoms. The van der Waals surface area contributed by atoms with Gasteiger partial charge in [0.25, 0.3) is 0 Å². The van der Waals surface area contributed by atoms with E-state index >= 15 is 0 Å². The third kappa shape index (κ3) is 3.49. The molecule has 24 heavy (non-hydrogen) atoms. The molecule has 1 saturated heterocycles. The molecule has 1 fully saturated rings. The lowest BCUT2D eigenvalue weighted by atomic mass is 9.76. The van der Waals surface area contributed by atoms with Gasteiger partial charge in [0, 0.05) is 18.9 Å². The summed E-state index contributed by atoms with van der Waals surface area (Å²) in [7, 11) is 2.85. The van der Waals surface area contributed by atoms with Crippen LogP contribution in [0.2, 0.25) is 0 Å². The van der Waals surface area contributed by atoms with Crippen molar-refractivity contribution >= 4 is 13.1 Å². The van der Waals surface area contributed by atoms with Gasteiger partial charge in [-0.15, -0.1) is 0 Å². The van der Waals surface area contributed by atoms with E-state index in [1.54, 1.807) is 6.08 Å². The molecule has 0 amide bonds. The van der Waals surface area contributed by atoms with Gasteiger partial charge in [-0.1, -0.05) is 12.7 Å². The number of allylic oxidation sites excluding steroid dienone is 4. The van der Waals surface area contributed by atoms with Crippen molar-refractivity contribution in [1.29, 1.82) is 0 Å². The maximum atomic E-state index is 11.6. The zero-order valence-corrected chi connectivity index (χ0v) is 15.4. The first-order valence-electron chi connectivity index (χ1n) is 8.02. The number of methoxy groups -OCH3 is 1. The van der Waals surface area contributed by atoms with Gasteiger partial charge >= 0.3 is 13.1 Å². The molecule has 130 valence electrons. The van der Waals surface area contributed by atoms with Crippen LogP contribution in [0.25, 0.3) is 0 Å². The van der Waals surface area contributed by atoms with Crippen molar-refractivity contribution in [3.8, 4) is 0 Å². The molecule has 0 N–H and O–H groups in total. The van der Waals surface area contributed by atoms with Gasteiger partial charge in [0.2, 0.25) is 0 Å². The summed E-state index contributed by atoms with van der Waals surface area (Å²) in [5.74, 6) is -0.300. The molecule has 0 unspecified atom stereocenters. The van der Waals surface area contributed by atoms with E-state index in [4.69, 9.17) is 14.0 Å². The fourth-order valence-electron chi connectivity index (χ4n) is 2.53. The summed E-state index contributed by atoms with van der Waals surface area (Å²) in [6.07, 6.45) is 7.71. The first-order chi connectivity index (χ1) is 11.1. The van der Waals surface area contributed by atoms with E-state index < -0.39 is 18.3 Å².